The molecule has 0 atom stereocenters. The molecule has 0 amide bonds. The summed E-state index contributed by atoms with van der Waals surface area (Å²) in [6.45, 7) is 0.702. The van der Waals surface area contributed by atoms with Crippen molar-refractivity contribution >= 4 is 18.0 Å². The molecule has 0 heterocycles. The largest absolute Gasteiger partial charge is 0.316 e. The van der Waals surface area contributed by atoms with E-state index in [1.165, 1.54) is 12.1 Å². The summed E-state index contributed by atoms with van der Waals surface area (Å²) in [6, 6.07) is 4.44. The first-order chi connectivity index (χ1) is 7.69. The molecule has 84 valence electrons. The van der Waals surface area contributed by atoms with E-state index in [-0.39, 0.29) is 11.3 Å². The highest BCUT2D eigenvalue weighted by molar-refractivity contribution is 5.82. The lowest BCUT2D eigenvalue weighted by atomic mass is 10.1. The third-order valence-electron chi connectivity index (χ3n) is 2.01. The molecular formula is C11H12N2O3. The third kappa shape index (κ3) is 2.99. The fourth-order valence-electron chi connectivity index (χ4n) is 1.25. The Kier molecular flexibility index (Phi) is 4.35. The number of nitrogens with zero attached hydrogens (tertiary/aromatic N) is 1. The van der Waals surface area contributed by atoms with Crippen LogP contribution in [0.25, 0.3) is 6.08 Å². The lowest BCUT2D eigenvalue weighted by molar-refractivity contribution is -0.385. The van der Waals surface area contributed by atoms with Crippen molar-refractivity contribution in [2.45, 2.75) is 0 Å². The van der Waals surface area contributed by atoms with Crippen LogP contribution in [0.3, 0.4) is 0 Å². The summed E-state index contributed by atoms with van der Waals surface area (Å²) < 4.78 is 0. The maximum atomic E-state index is 10.7. The number of nitro benzene ring substituents is 1. The quantitative estimate of drug-likeness (QED) is 0.465. The molecule has 1 N–H and O–H groups in total. The Bertz CT molecular complexity index is 427. The zero-order chi connectivity index (χ0) is 12.0. The van der Waals surface area contributed by atoms with Crippen molar-refractivity contribution in [1.82, 2.24) is 5.32 Å². The van der Waals surface area contributed by atoms with Crippen molar-refractivity contribution in [1.29, 1.82) is 0 Å². The lowest BCUT2D eigenvalue weighted by Gasteiger charge is -1.98. The monoisotopic (exact) mass is 220 g/mol. The van der Waals surface area contributed by atoms with Gasteiger partial charge in [0.25, 0.3) is 5.69 Å². The summed E-state index contributed by atoms with van der Waals surface area (Å²) in [5.41, 5.74) is 0.695. The summed E-state index contributed by atoms with van der Waals surface area (Å²) in [7, 11) is 1.82. The van der Waals surface area contributed by atoms with Crippen LogP contribution in [0.2, 0.25) is 0 Å². The Morgan fingerprint density at radius 2 is 2.25 bits per heavy atom. The number of carbonyl (C=O) groups excluding carboxylic acids is 1. The van der Waals surface area contributed by atoms with Crippen LogP contribution in [0.4, 0.5) is 5.69 Å². The number of benzene rings is 1. The number of carbonyl (C=O) groups is 1. The molecule has 0 aliphatic rings. The molecular weight excluding hydrogens is 208 g/mol. The first kappa shape index (κ1) is 12.1. The molecule has 0 saturated heterocycles. The molecule has 0 bridgehead atoms. The second kappa shape index (κ2) is 5.77. The van der Waals surface area contributed by atoms with Gasteiger partial charge in [0.05, 0.1) is 10.5 Å². The summed E-state index contributed by atoms with van der Waals surface area (Å²) in [4.78, 5) is 20.7. The van der Waals surface area contributed by atoms with Gasteiger partial charge in [0.15, 0.2) is 6.29 Å². The number of hydrogen-bond acceptors (Lipinski definition) is 4. The zero-order valence-electron chi connectivity index (χ0n) is 8.84. The second-order valence-corrected chi connectivity index (χ2v) is 3.15. The average Bonchev–Trinajstić information content (AvgIpc) is 2.29. The van der Waals surface area contributed by atoms with Gasteiger partial charge in [-0.25, -0.2) is 0 Å². The van der Waals surface area contributed by atoms with E-state index in [1.807, 2.05) is 13.1 Å². The smallest absolute Gasteiger partial charge is 0.279 e. The Morgan fingerprint density at radius 1 is 1.50 bits per heavy atom. The van der Waals surface area contributed by atoms with Gasteiger partial charge in [0.2, 0.25) is 0 Å². The van der Waals surface area contributed by atoms with Crippen LogP contribution in [0.15, 0.2) is 24.3 Å². The highest BCUT2D eigenvalue weighted by Crippen LogP contribution is 2.18. The molecule has 0 saturated carbocycles. The molecule has 1 aromatic rings. The minimum atomic E-state index is -0.565. The number of nitro groups is 1. The maximum absolute atomic E-state index is 10.7. The Hall–Kier alpha value is -2.01. The third-order valence-corrected chi connectivity index (χ3v) is 2.01. The van der Waals surface area contributed by atoms with Crippen LogP contribution in [0.5, 0.6) is 0 Å². The van der Waals surface area contributed by atoms with E-state index in [0.717, 1.165) is 5.56 Å². The van der Waals surface area contributed by atoms with E-state index in [0.29, 0.717) is 12.8 Å². The van der Waals surface area contributed by atoms with Crippen LogP contribution in [0.1, 0.15) is 15.9 Å². The molecule has 5 heteroatoms. The van der Waals surface area contributed by atoms with Crippen LogP contribution in [-0.2, 0) is 0 Å². The van der Waals surface area contributed by atoms with Gasteiger partial charge in [-0.15, -0.1) is 0 Å². The highest BCUT2D eigenvalue weighted by Gasteiger charge is 2.12. The Labute approximate surface area is 92.9 Å². The van der Waals surface area contributed by atoms with E-state index < -0.39 is 4.92 Å². The van der Waals surface area contributed by atoms with Gasteiger partial charge in [-0.2, -0.15) is 0 Å². The van der Waals surface area contributed by atoms with E-state index in [1.54, 1.807) is 12.1 Å². The van der Waals surface area contributed by atoms with Crippen molar-refractivity contribution in [2.75, 3.05) is 13.6 Å². The molecule has 0 aliphatic carbocycles. The van der Waals surface area contributed by atoms with E-state index in [2.05, 4.69) is 5.32 Å². The molecule has 0 aliphatic heterocycles. The molecule has 1 aromatic carbocycles. The predicted molar refractivity (Wildman–Crippen MR) is 61.4 cm³/mol. The lowest BCUT2D eigenvalue weighted by Crippen LogP contribution is -2.03. The van der Waals surface area contributed by atoms with E-state index >= 15 is 0 Å². The molecule has 5 nitrogen and oxygen atoms in total. The Morgan fingerprint density at radius 3 is 2.81 bits per heavy atom. The van der Waals surface area contributed by atoms with Crippen molar-refractivity contribution in [2.24, 2.45) is 0 Å². The number of hydrogen-bond donors (Lipinski definition) is 1. The molecule has 0 aromatic heterocycles. The molecule has 0 fully saturated rings. The summed E-state index contributed by atoms with van der Waals surface area (Å²) in [6.07, 6.45) is 4.16. The van der Waals surface area contributed by atoms with Crippen LogP contribution >= 0.6 is 0 Å². The fraction of sp³-hybridized carbons (Fsp3) is 0.182. The fourth-order valence-corrected chi connectivity index (χ4v) is 1.25. The summed E-state index contributed by atoms with van der Waals surface area (Å²) >= 11 is 0. The molecule has 0 radical (unpaired) electrons. The molecule has 1 rings (SSSR count). The summed E-state index contributed by atoms with van der Waals surface area (Å²) in [5, 5.41) is 13.5. The van der Waals surface area contributed by atoms with Crippen molar-refractivity contribution in [3.8, 4) is 0 Å². The van der Waals surface area contributed by atoms with Crippen LogP contribution in [-0.4, -0.2) is 24.8 Å². The topological polar surface area (TPSA) is 72.2 Å². The van der Waals surface area contributed by atoms with Gasteiger partial charge in [0, 0.05) is 12.6 Å². The van der Waals surface area contributed by atoms with Gasteiger partial charge in [-0.3, -0.25) is 14.9 Å². The SMILES string of the molecule is CNCC=Cc1ccc([N+](=O)[O-])c(C=O)c1. The Balaban J connectivity index is 2.99. The van der Waals surface area contributed by atoms with Crippen molar-refractivity contribution in [3.63, 3.8) is 0 Å². The minimum absolute atomic E-state index is 0.0941. The van der Waals surface area contributed by atoms with E-state index in [4.69, 9.17) is 0 Å². The van der Waals surface area contributed by atoms with Crippen molar-refractivity contribution < 1.29 is 9.72 Å². The van der Waals surface area contributed by atoms with Gasteiger partial charge in [-0.05, 0) is 24.7 Å². The van der Waals surface area contributed by atoms with Gasteiger partial charge >= 0.3 is 0 Å². The molecule has 0 spiro atoms. The number of nitrogens with one attached hydrogen (secondary N) is 1. The standard InChI is InChI=1S/C11H12N2O3/c1-12-6-2-3-9-4-5-11(13(15)16)10(7-9)8-14/h2-5,7-8,12H,6H2,1H3. The summed E-state index contributed by atoms with van der Waals surface area (Å²) in [5.74, 6) is 0. The maximum Gasteiger partial charge on any atom is 0.279 e. The van der Waals surface area contributed by atoms with Gasteiger partial charge in [-0.1, -0.05) is 12.2 Å². The zero-order valence-corrected chi connectivity index (χ0v) is 8.84. The average molecular weight is 220 g/mol. The minimum Gasteiger partial charge on any atom is -0.316 e. The van der Waals surface area contributed by atoms with Crippen LogP contribution in [0, 0.1) is 10.1 Å². The number of likely N-dealkylation sites (N-methyl/N-ethyl adjacent to an activating group) is 1. The van der Waals surface area contributed by atoms with Crippen LogP contribution < -0.4 is 5.32 Å². The van der Waals surface area contributed by atoms with Gasteiger partial charge in [0.1, 0.15) is 0 Å². The first-order valence-corrected chi connectivity index (χ1v) is 4.73. The molecule has 16 heavy (non-hydrogen) atoms. The second-order valence-electron chi connectivity index (χ2n) is 3.15. The highest BCUT2D eigenvalue weighted by atomic mass is 16.6. The normalized spacial score (nSPS) is 10.6. The first-order valence-electron chi connectivity index (χ1n) is 4.73. The van der Waals surface area contributed by atoms with Gasteiger partial charge < -0.3 is 5.32 Å². The van der Waals surface area contributed by atoms with Crippen molar-refractivity contribution in [3.05, 3.63) is 45.5 Å². The number of aldehydes is 1. The number of rotatable bonds is 5. The predicted octanol–water partition coefficient (Wildman–Crippen LogP) is 1.64. The molecule has 0 unspecified atom stereocenters. The van der Waals surface area contributed by atoms with E-state index in [9.17, 15) is 14.9 Å².